The summed E-state index contributed by atoms with van der Waals surface area (Å²) in [5.74, 6) is 0. The van der Waals surface area contributed by atoms with Gasteiger partial charge in [0.1, 0.15) is 10.5 Å². The number of aryl methyl sites for hydroxylation is 1. The second-order valence-corrected chi connectivity index (χ2v) is 7.52. The normalized spacial score (nSPS) is 11.7. The number of nitrogens with one attached hydrogen (secondary N) is 1. The Hall–Kier alpha value is -3.19. The van der Waals surface area contributed by atoms with E-state index in [1.54, 1.807) is 49.5 Å². The largest absolute Gasteiger partial charge is 0.423 e. The molecule has 0 saturated carbocycles. The summed E-state index contributed by atoms with van der Waals surface area (Å²) in [5.41, 5.74) is 1.34. The van der Waals surface area contributed by atoms with E-state index in [4.69, 9.17) is 4.42 Å². The van der Waals surface area contributed by atoms with Crippen molar-refractivity contribution in [3.63, 3.8) is 0 Å². The average molecular weight is 366 g/mol. The third-order valence-corrected chi connectivity index (χ3v) is 5.62. The third-order valence-electron chi connectivity index (χ3n) is 4.07. The highest BCUT2D eigenvalue weighted by atomic mass is 32.2. The first-order chi connectivity index (χ1) is 12.4. The van der Waals surface area contributed by atoms with E-state index < -0.39 is 15.6 Å². The van der Waals surface area contributed by atoms with E-state index in [0.717, 1.165) is 5.39 Å². The van der Waals surface area contributed by atoms with Crippen molar-refractivity contribution >= 4 is 37.6 Å². The fraction of sp³-hybridized carbons (Fsp3) is 0.0526. The molecular weight excluding hydrogens is 352 g/mol. The summed E-state index contributed by atoms with van der Waals surface area (Å²) in [6.45, 7) is 1.73. The van der Waals surface area contributed by atoms with Crippen LogP contribution in [0.3, 0.4) is 0 Å². The van der Waals surface area contributed by atoms with Gasteiger partial charge in [-0.25, -0.2) is 13.2 Å². The molecule has 0 bridgehead atoms. The van der Waals surface area contributed by atoms with Gasteiger partial charge in [0.2, 0.25) is 0 Å². The minimum atomic E-state index is -3.85. The Kier molecular flexibility index (Phi) is 3.73. The Morgan fingerprint density at radius 1 is 1.00 bits per heavy atom. The molecular formula is C19H14N2O4S. The highest BCUT2D eigenvalue weighted by Crippen LogP contribution is 2.27. The molecule has 4 rings (SSSR count). The Morgan fingerprint density at radius 2 is 1.81 bits per heavy atom. The third kappa shape index (κ3) is 2.82. The van der Waals surface area contributed by atoms with Crippen LogP contribution in [0.1, 0.15) is 5.56 Å². The molecule has 6 nitrogen and oxygen atoms in total. The summed E-state index contributed by atoms with van der Waals surface area (Å²) in [6, 6.07) is 14.8. The number of nitrogens with zero attached hydrogens (tertiary/aromatic N) is 1. The fourth-order valence-corrected chi connectivity index (χ4v) is 4.36. The molecule has 1 N–H and O–H groups in total. The maximum Gasteiger partial charge on any atom is 0.336 e. The molecule has 0 saturated heterocycles. The molecule has 2 aromatic carbocycles. The molecule has 0 radical (unpaired) electrons. The number of aromatic nitrogens is 1. The summed E-state index contributed by atoms with van der Waals surface area (Å²) in [5, 5.41) is 1.37. The summed E-state index contributed by atoms with van der Waals surface area (Å²) >= 11 is 0. The molecule has 2 aromatic heterocycles. The highest BCUT2D eigenvalue weighted by Gasteiger charge is 2.21. The van der Waals surface area contributed by atoms with Crippen LogP contribution in [0.15, 0.2) is 74.9 Å². The summed E-state index contributed by atoms with van der Waals surface area (Å²) in [7, 11) is -3.85. The molecule has 0 fully saturated rings. The van der Waals surface area contributed by atoms with Crippen LogP contribution in [0.4, 0.5) is 5.69 Å². The van der Waals surface area contributed by atoms with Crippen LogP contribution in [0.2, 0.25) is 0 Å². The maximum absolute atomic E-state index is 13.0. The Balaban J connectivity index is 1.82. The van der Waals surface area contributed by atoms with Crippen LogP contribution in [0, 0.1) is 6.92 Å². The predicted octanol–water partition coefficient (Wildman–Crippen LogP) is 3.45. The number of anilines is 1. The number of sulfonamides is 1. The van der Waals surface area contributed by atoms with E-state index in [-0.39, 0.29) is 4.90 Å². The minimum Gasteiger partial charge on any atom is -0.423 e. The van der Waals surface area contributed by atoms with Crippen LogP contribution >= 0.6 is 0 Å². The van der Waals surface area contributed by atoms with E-state index in [2.05, 4.69) is 9.71 Å². The number of hydrogen-bond acceptors (Lipinski definition) is 5. The van der Waals surface area contributed by atoms with Gasteiger partial charge in [-0.2, -0.15) is 0 Å². The molecule has 0 amide bonds. The Labute approximate surface area is 149 Å². The number of hydrogen-bond donors (Lipinski definition) is 1. The van der Waals surface area contributed by atoms with Crippen LogP contribution in [-0.4, -0.2) is 13.4 Å². The van der Waals surface area contributed by atoms with Gasteiger partial charge < -0.3 is 4.42 Å². The van der Waals surface area contributed by atoms with Gasteiger partial charge in [0.15, 0.2) is 0 Å². The molecule has 2 heterocycles. The minimum absolute atomic E-state index is 0.148. The molecule has 0 atom stereocenters. The molecule has 26 heavy (non-hydrogen) atoms. The smallest absolute Gasteiger partial charge is 0.336 e. The van der Waals surface area contributed by atoms with Crippen LogP contribution in [0.5, 0.6) is 0 Å². The number of benzene rings is 2. The van der Waals surface area contributed by atoms with Crippen LogP contribution in [0.25, 0.3) is 21.9 Å². The van der Waals surface area contributed by atoms with E-state index in [1.165, 1.54) is 6.07 Å². The lowest BCUT2D eigenvalue weighted by Crippen LogP contribution is -2.15. The average Bonchev–Trinajstić information content (AvgIpc) is 2.61. The van der Waals surface area contributed by atoms with Crippen molar-refractivity contribution in [1.29, 1.82) is 0 Å². The van der Waals surface area contributed by atoms with E-state index in [0.29, 0.717) is 27.7 Å². The zero-order valence-electron chi connectivity index (χ0n) is 13.8. The van der Waals surface area contributed by atoms with Crippen molar-refractivity contribution in [3.8, 4) is 0 Å². The molecule has 0 aliphatic rings. The van der Waals surface area contributed by atoms with Crippen molar-refractivity contribution in [2.75, 3.05) is 4.72 Å². The first-order valence-electron chi connectivity index (χ1n) is 7.85. The molecule has 0 unspecified atom stereocenters. The second kappa shape index (κ2) is 5.96. The van der Waals surface area contributed by atoms with Crippen molar-refractivity contribution in [1.82, 2.24) is 4.98 Å². The molecule has 130 valence electrons. The first-order valence-corrected chi connectivity index (χ1v) is 9.33. The molecule has 0 aliphatic carbocycles. The van der Waals surface area contributed by atoms with E-state index >= 15 is 0 Å². The highest BCUT2D eigenvalue weighted by molar-refractivity contribution is 7.93. The van der Waals surface area contributed by atoms with E-state index in [9.17, 15) is 13.2 Å². The summed E-state index contributed by atoms with van der Waals surface area (Å²) < 4.78 is 33.7. The van der Waals surface area contributed by atoms with Gasteiger partial charge >= 0.3 is 5.63 Å². The monoisotopic (exact) mass is 366 g/mol. The Bertz CT molecular complexity index is 1310. The van der Waals surface area contributed by atoms with Crippen LogP contribution in [-0.2, 0) is 10.0 Å². The number of pyridine rings is 1. The topological polar surface area (TPSA) is 89.3 Å². The predicted molar refractivity (Wildman–Crippen MR) is 99.8 cm³/mol. The lowest BCUT2D eigenvalue weighted by Gasteiger charge is -2.13. The summed E-state index contributed by atoms with van der Waals surface area (Å²) in [6.07, 6.45) is 1.57. The zero-order valence-corrected chi connectivity index (χ0v) is 14.6. The van der Waals surface area contributed by atoms with Gasteiger partial charge in [0.05, 0.1) is 5.52 Å². The number of rotatable bonds is 3. The van der Waals surface area contributed by atoms with Gasteiger partial charge in [0.25, 0.3) is 10.0 Å². The zero-order chi connectivity index (χ0) is 18.3. The van der Waals surface area contributed by atoms with Crippen molar-refractivity contribution in [2.45, 2.75) is 11.8 Å². The lowest BCUT2D eigenvalue weighted by molar-refractivity contribution is 0.561. The van der Waals surface area contributed by atoms with Crippen molar-refractivity contribution in [2.24, 2.45) is 0 Å². The molecule has 4 aromatic rings. The van der Waals surface area contributed by atoms with Gasteiger partial charge in [-0.15, -0.1) is 0 Å². The van der Waals surface area contributed by atoms with Gasteiger partial charge in [-0.05, 0) is 42.8 Å². The van der Waals surface area contributed by atoms with Gasteiger partial charge in [0, 0.05) is 28.7 Å². The summed E-state index contributed by atoms with van der Waals surface area (Å²) in [4.78, 5) is 15.6. The first kappa shape index (κ1) is 16.3. The molecule has 0 aliphatic heterocycles. The van der Waals surface area contributed by atoms with Gasteiger partial charge in [-0.3, -0.25) is 9.71 Å². The van der Waals surface area contributed by atoms with Crippen molar-refractivity contribution in [3.05, 3.63) is 76.8 Å². The maximum atomic E-state index is 13.0. The lowest BCUT2D eigenvalue weighted by atomic mass is 10.1. The molecule has 7 heteroatoms. The Morgan fingerprint density at radius 3 is 2.65 bits per heavy atom. The van der Waals surface area contributed by atoms with E-state index in [1.807, 2.05) is 12.1 Å². The second-order valence-electron chi connectivity index (χ2n) is 5.90. The van der Waals surface area contributed by atoms with Crippen molar-refractivity contribution < 1.29 is 12.8 Å². The number of fused-ring (bicyclic) bond motifs is 2. The fourth-order valence-electron chi connectivity index (χ4n) is 2.90. The van der Waals surface area contributed by atoms with Gasteiger partial charge in [-0.1, -0.05) is 18.2 Å². The SMILES string of the molecule is Cc1ccc2cccnc2c1S(=O)(=O)Nc1ccc2oc(=O)ccc2c1. The molecule has 0 spiro atoms. The quantitative estimate of drug-likeness (QED) is 0.561. The standard InChI is InChI=1S/C19H14N2O4S/c1-12-4-5-13-3-2-10-20-18(13)19(12)26(23,24)21-15-7-8-16-14(11-15)6-9-17(22)25-16/h2-11,21H,1H3. The van der Waals surface area contributed by atoms with Crippen LogP contribution < -0.4 is 10.3 Å².